The molecule has 0 saturated carbocycles. The Morgan fingerprint density at radius 2 is 1.59 bits per heavy atom. The molecule has 0 spiro atoms. The van der Waals surface area contributed by atoms with E-state index in [2.05, 4.69) is 17.5 Å². The molecular formula is C20H14Cl2N4S. The molecule has 7 heteroatoms. The topological polar surface area (TPSA) is 85.6 Å². The zero-order chi connectivity index (χ0) is 19.4. The number of hydrogen-bond donors (Lipinski definition) is 2. The number of thioether (sulfide) groups is 1. The molecule has 1 heterocycles. The molecule has 27 heavy (non-hydrogen) atoms. The zero-order valence-electron chi connectivity index (χ0n) is 14.0. The van der Waals surface area contributed by atoms with Crippen molar-refractivity contribution in [3.63, 3.8) is 0 Å². The van der Waals surface area contributed by atoms with Crippen LogP contribution >= 0.6 is 35.0 Å². The van der Waals surface area contributed by atoms with Crippen molar-refractivity contribution in [3.05, 3.63) is 91.7 Å². The van der Waals surface area contributed by atoms with Crippen LogP contribution in [0, 0.1) is 22.7 Å². The molecule has 1 aliphatic heterocycles. The lowest BCUT2D eigenvalue weighted by Crippen LogP contribution is -2.29. The quantitative estimate of drug-likeness (QED) is 0.733. The summed E-state index contributed by atoms with van der Waals surface area (Å²) < 4.78 is 0. The molecule has 3 rings (SSSR count). The molecule has 0 aromatic heterocycles. The van der Waals surface area contributed by atoms with Gasteiger partial charge in [0.25, 0.3) is 0 Å². The first-order chi connectivity index (χ1) is 13.1. The fourth-order valence-electron chi connectivity index (χ4n) is 2.85. The minimum absolute atomic E-state index is 0.202. The van der Waals surface area contributed by atoms with E-state index in [4.69, 9.17) is 28.9 Å². The molecule has 0 aliphatic carbocycles. The van der Waals surface area contributed by atoms with E-state index < -0.39 is 5.92 Å². The number of benzene rings is 2. The van der Waals surface area contributed by atoms with Crippen molar-refractivity contribution in [3.8, 4) is 12.1 Å². The first kappa shape index (κ1) is 19.2. The third kappa shape index (κ3) is 3.91. The van der Waals surface area contributed by atoms with Crippen LogP contribution in [0.3, 0.4) is 0 Å². The SMILES string of the molecule is N#CC1=C(N)NC(SCc2ccccc2)=C(C#N)C1c1c(Cl)cccc1Cl. The van der Waals surface area contributed by atoms with Gasteiger partial charge in [-0.15, -0.1) is 11.8 Å². The Morgan fingerprint density at radius 1 is 0.963 bits per heavy atom. The first-order valence-electron chi connectivity index (χ1n) is 7.98. The molecule has 0 fully saturated rings. The maximum absolute atomic E-state index is 9.85. The van der Waals surface area contributed by atoms with Gasteiger partial charge < -0.3 is 11.1 Å². The second-order valence-corrected chi connectivity index (χ2v) is 7.56. The lowest BCUT2D eigenvalue weighted by Gasteiger charge is -2.27. The normalized spacial score (nSPS) is 16.5. The van der Waals surface area contributed by atoms with E-state index in [0.29, 0.717) is 32.0 Å². The Bertz CT molecular complexity index is 996. The predicted molar refractivity (Wildman–Crippen MR) is 110 cm³/mol. The number of nitriles is 2. The summed E-state index contributed by atoms with van der Waals surface area (Å²) in [6.45, 7) is 0. The van der Waals surface area contributed by atoms with E-state index in [9.17, 15) is 10.5 Å². The van der Waals surface area contributed by atoms with Crippen LogP contribution < -0.4 is 11.1 Å². The maximum Gasteiger partial charge on any atom is 0.116 e. The van der Waals surface area contributed by atoms with Crippen LogP contribution in [-0.2, 0) is 5.75 Å². The van der Waals surface area contributed by atoms with Gasteiger partial charge in [0.05, 0.1) is 34.2 Å². The van der Waals surface area contributed by atoms with E-state index in [1.165, 1.54) is 11.8 Å². The van der Waals surface area contributed by atoms with Crippen LogP contribution in [0.2, 0.25) is 10.0 Å². The van der Waals surface area contributed by atoms with Gasteiger partial charge in [0.2, 0.25) is 0 Å². The number of allylic oxidation sites excluding steroid dienone is 2. The van der Waals surface area contributed by atoms with Gasteiger partial charge in [-0.05, 0) is 17.7 Å². The summed E-state index contributed by atoms with van der Waals surface area (Å²) >= 11 is 14.2. The Morgan fingerprint density at radius 3 is 2.19 bits per heavy atom. The molecule has 0 amide bonds. The molecule has 0 saturated heterocycles. The Kier molecular flexibility index (Phi) is 5.98. The molecule has 4 nitrogen and oxygen atoms in total. The van der Waals surface area contributed by atoms with Crippen LogP contribution in [0.15, 0.2) is 70.5 Å². The molecular weight excluding hydrogens is 399 g/mol. The van der Waals surface area contributed by atoms with Crippen molar-refractivity contribution in [2.75, 3.05) is 0 Å². The molecule has 1 aliphatic rings. The number of dihydropyridines is 1. The molecule has 2 aromatic carbocycles. The highest BCUT2D eigenvalue weighted by atomic mass is 35.5. The minimum atomic E-state index is -0.708. The highest BCUT2D eigenvalue weighted by Gasteiger charge is 2.34. The summed E-state index contributed by atoms with van der Waals surface area (Å²) in [6, 6.07) is 19.3. The monoisotopic (exact) mass is 412 g/mol. The summed E-state index contributed by atoms with van der Waals surface area (Å²) in [4.78, 5) is 0. The Hall–Kier alpha value is -2.57. The van der Waals surface area contributed by atoms with Gasteiger partial charge in [-0.3, -0.25) is 0 Å². The van der Waals surface area contributed by atoms with Crippen LogP contribution in [0.1, 0.15) is 17.0 Å². The molecule has 2 aromatic rings. The number of hydrogen-bond acceptors (Lipinski definition) is 5. The summed E-state index contributed by atoms with van der Waals surface area (Å²) in [6.07, 6.45) is 0. The fourth-order valence-corrected chi connectivity index (χ4v) is 4.47. The van der Waals surface area contributed by atoms with Crippen molar-refractivity contribution < 1.29 is 0 Å². The van der Waals surface area contributed by atoms with Crippen LogP contribution in [-0.4, -0.2) is 0 Å². The van der Waals surface area contributed by atoms with Crippen molar-refractivity contribution in [1.82, 2.24) is 5.32 Å². The van der Waals surface area contributed by atoms with E-state index in [0.717, 1.165) is 5.56 Å². The average molecular weight is 413 g/mol. The van der Waals surface area contributed by atoms with Crippen molar-refractivity contribution >= 4 is 35.0 Å². The highest BCUT2D eigenvalue weighted by Crippen LogP contribution is 2.44. The molecule has 1 atom stereocenters. The average Bonchev–Trinajstić information content (AvgIpc) is 2.67. The number of nitrogens with one attached hydrogen (secondary N) is 1. The van der Waals surface area contributed by atoms with Gasteiger partial charge >= 0.3 is 0 Å². The molecule has 3 N–H and O–H groups in total. The van der Waals surface area contributed by atoms with Crippen LogP contribution in [0.4, 0.5) is 0 Å². The Balaban J connectivity index is 2.07. The molecule has 0 bridgehead atoms. The van der Waals surface area contributed by atoms with E-state index in [-0.39, 0.29) is 11.4 Å². The predicted octanol–water partition coefficient (Wildman–Crippen LogP) is 5.04. The van der Waals surface area contributed by atoms with Gasteiger partial charge in [0, 0.05) is 21.4 Å². The summed E-state index contributed by atoms with van der Waals surface area (Å²) in [5.41, 5.74) is 8.31. The van der Waals surface area contributed by atoms with Gasteiger partial charge in [0.1, 0.15) is 5.82 Å². The summed E-state index contributed by atoms with van der Waals surface area (Å²) in [5.74, 6) is 0.140. The van der Waals surface area contributed by atoms with E-state index in [1.807, 2.05) is 30.3 Å². The third-order valence-electron chi connectivity index (χ3n) is 4.12. The molecule has 134 valence electrons. The van der Waals surface area contributed by atoms with Gasteiger partial charge in [-0.1, -0.05) is 59.6 Å². The fraction of sp³-hybridized carbons (Fsp3) is 0.100. The van der Waals surface area contributed by atoms with Gasteiger partial charge in [0.15, 0.2) is 0 Å². The third-order valence-corrected chi connectivity index (χ3v) is 5.86. The van der Waals surface area contributed by atoms with Gasteiger partial charge in [-0.2, -0.15) is 10.5 Å². The second kappa shape index (κ2) is 8.41. The smallest absolute Gasteiger partial charge is 0.116 e. The van der Waals surface area contributed by atoms with Crippen molar-refractivity contribution in [1.29, 1.82) is 10.5 Å². The number of halogens is 2. The second-order valence-electron chi connectivity index (χ2n) is 5.76. The number of nitrogens with two attached hydrogens (primary N) is 1. The van der Waals surface area contributed by atoms with Gasteiger partial charge in [-0.25, -0.2) is 0 Å². The number of rotatable bonds is 4. The van der Waals surface area contributed by atoms with Crippen LogP contribution in [0.5, 0.6) is 0 Å². The molecule has 1 unspecified atom stereocenters. The lowest BCUT2D eigenvalue weighted by molar-refractivity contribution is 0.840. The number of nitrogens with zero attached hydrogens (tertiary/aromatic N) is 2. The highest BCUT2D eigenvalue weighted by molar-refractivity contribution is 8.02. The lowest BCUT2D eigenvalue weighted by atomic mass is 9.84. The summed E-state index contributed by atoms with van der Waals surface area (Å²) in [7, 11) is 0. The molecule has 0 radical (unpaired) electrons. The van der Waals surface area contributed by atoms with E-state index >= 15 is 0 Å². The maximum atomic E-state index is 9.85. The first-order valence-corrected chi connectivity index (χ1v) is 9.72. The van der Waals surface area contributed by atoms with E-state index in [1.54, 1.807) is 18.2 Å². The summed E-state index contributed by atoms with van der Waals surface area (Å²) in [5, 5.41) is 23.8. The van der Waals surface area contributed by atoms with Crippen LogP contribution in [0.25, 0.3) is 0 Å². The Labute approximate surface area is 171 Å². The van der Waals surface area contributed by atoms with Crippen molar-refractivity contribution in [2.45, 2.75) is 11.7 Å². The zero-order valence-corrected chi connectivity index (χ0v) is 16.4. The largest absolute Gasteiger partial charge is 0.384 e. The standard InChI is InChI=1S/C20H14Cl2N4S/c21-15-7-4-8-16(22)18(15)17-13(9-23)19(25)26-20(14(17)10-24)27-11-12-5-2-1-3-6-12/h1-8,17,26H,11,25H2. The minimum Gasteiger partial charge on any atom is -0.384 e. The van der Waals surface area contributed by atoms with Crippen molar-refractivity contribution in [2.24, 2.45) is 5.73 Å².